The Morgan fingerprint density at radius 2 is 2.04 bits per heavy atom. The molecule has 0 aliphatic carbocycles. The van der Waals surface area contributed by atoms with Crippen LogP contribution in [0.15, 0.2) is 24.3 Å². The van der Waals surface area contributed by atoms with Gasteiger partial charge in [-0.3, -0.25) is 9.59 Å². The first kappa shape index (κ1) is 14.3. The molecule has 1 aromatic heterocycles. The zero-order valence-electron chi connectivity index (χ0n) is 13.5. The van der Waals surface area contributed by atoms with E-state index in [0.29, 0.717) is 13.0 Å². The fourth-order valence-electron chi connectivity index (χ4n) is 3.79. The molecule has 0 spiro atoms. The molecule has 1 saturated heterocycles. The molecule has 5 heteroatoms. The molecule has 0 bridgehead atoms. The largest absolute Gasteiger partial charge is 0.357 e. The third-order valence-electron chi connectivity index (χ3n) is 5.32. The Bertz CT molecular complexity index is 795. The molecular formula is C18H21N3O2. The van der Waals surface area contributed by atoms with Gasteiger partial charge in [0.1, 0.15) is 12.6 Å². The Hall–Kier alpha value is -2.30. The fourth-order valence-corrected chi connectivity index (χ4v) is 3.79. The van der Waals surface area contributed by atoms with E-state index in [1.54, 1.807) is 9.80 Å². The zero-order valence-corrected chi connectivity index (χ0v) is 13.5. The van der Waals surface area contributed by atoms with E-state index in [-0.39, 0.29) is 30.4 Å². The summed E-state index contributed by atoms with van der Waals surface area (Å²) in [5.41, 5.74) is 3.34. The smallest absolute Gasteiger partial charge is 0.246 e. The minimum Gasteiger partial charge on any atom is -0.357 e. The standard InChI is InChI=1S/C18H21N3O2/c1-3-11(2)20-10-17(22)21-9-15-13(8-16(21)18(20)23)12-6-4-5-7-14(12)19-15/h4-7,11,16,19H,3,8-10H2,1-2H3/t11-,16-/m0/s1. The number of H-pyrrole nitrogens is 1. The van der Waals surface area contributed by atoms with Crippen molar-refractivity contribution in [3.05, 3.63) is 35.5 Å². The van der Waals surface area contributed by atoms with Crippen LogP contribution in [0.3, 0.4) is 0 Å². The molecule has 2 aromatic rings. The summed E-state index contributed by atoms with van der Waals surface area (Å²) in [5, 5.41) is 1.17. The number of hydrogen-bond acceptors (Lipinski definition) is 2. The summed E-state index contributed by atoms with van der Waals surface area (Å²) >= 11 is 0. The molecular weight excluding hydrogens is 290 g/mol. The van der Waals surface area contributed by atoms with Crippen molar-refractivity contribution in [1.82, 2.24) is 14.8 Å². The van der Waals surface area contributed by atoms with Gasteiger partial charge in [0.05, 0.1) is 6.54 Å². The van der Waals surface area contributed by atoms with Crippen molar-refractivity contribution in [3.63, 3.8) is 0 Å². The topological polar surface area (TPSA) is 56.4 Å². The molecule has 1 N–H and O–H groups in total. The molecule has 2 aliphatic rings. The van der Waals surface area contributed by atoms with E-state index < -0.39 is 0 Å². The maximum absolute atomic E-state index is 12.9. The van der Waals surface area contributed by atoms with Gasteiger partial charge in [-0.25, -0.2) is 0 Å². The number of rotatable bonds is 2. The quantitative estimate of drug-likeness (QED) is 0.923. The number of para-hydroxylation sites is 1. The molecule has 2 aliphatic heterocycles. The number of aromatic amines is 1. The molecule has 2 amide bonds. The summed E-state index contributed by atoms with van der Waals surface area (Å²) in [4.78, 5) is 32.4. The van der Waals surface area contributed by atoms with Crippen LogP contribution in [0, 0.1) is 0 Å². The summed E-state index contributed by atoms with van der Waals surface area (Å²) < 4.78 is 0. The second-order valence-corrected chi connectivity index (χ2v) is 6.59. The number of carbonyl (C=O) groups is 2. The van der Waals surface area contributed by atoms with Crippen LogP contribution in [-0.2, 0) is 22.6 Å². The van der Waals surface area contributed by atoms with Crippen LogP contribution in [0.1, 0.15) is 31.5 Å². The van der Waals surface area contributed by atoms with E-state index >= 15 is 0 Å². The zero-order chi connectivity index (χ0) is 16.1. The minimum atomic E-state index is -0.350. The number of aromatic nitrogens is 1. The Balaban J connectivity index is 1.74. The molecule has 5 nitrogen and oxygen atoms in total. The Morgan fingerprint density at radius 3 is 2.83 bits per heavy atom. The second kappa shape index (κ2) is 5.11. The lowest BCUT2D eigenvalue weighted by molar-refractivity contribution is -0.159. The third kappa shape index (κ3) is 2.06. The number of benzene rings is 1. The van der Waals surface area contributed by atoms with E-state index in [1.807, 2.05) is 32.0 Å². The van der Waals surface area contributed by atoms with Gasteiger partial charge in [-0.1, -0.05) is 25.1 Å². The van der Waals surface area contributed by atoms with E-state index in [4.69, 9.17) is 0 Å². The molecule has 0 saturated carbocycles. The molecule has 120 valence electrons. The Morgan fingerprint density at radius 1 is 1.26 bits per heavy atom. The van der Waals surface area contributed by atoms with Gasteiger partial charge in [0.25, 0.3) is 0 Å². The van der Waals surface area contributed by atoms with E-state index in [1.165, 1.54) is 10.9 Å². The molecule has 2 atom stereocenters. The van der Waals surface area contributed by atoms with Crippen LogP contribution < -0.4 is 0 Å². The van der Waals surface area contributed by atoms with Crippen molar-refractivity contribution in [2.75, 3.05) is 6.54 Å². The summed E-state index contributed by atoms with van der Waals surface area (Å²) in [7, 11) is 0. The number of amides is 2. The highest BCUT2D eigenvalue weighted by Crippen LogP contribution is 2.32. The highest BCUT2D eigenvalue weighted by molar-refractivity contribution is 5.97. The molecule has 3 heterocycles. The predicted octanol–water partition coefficient (Wildman–Crippen LogP) is 2.06. The van der Waals surface area contributed by atoms with Gasteiger partial charge < -0.3 is 14.8 Å². The molecule has 1 fully saturated rings. The van der Waals surface area contributed by atoms with Gasteiger partial charge >= 0.3 is 0 Å². The fraction of sp³-hybridized carbons (Fsp3) is 0.444. The monoisotopic (exact) mass is 311 g/mol. The van der Waals surface area contributed by atoms with Gasteiger partial charge in [-0.05, 0) is 25.0 Å². The van der Waals surface area contributed by atoms with Crippen molar-refractivity contribution in [1.29, 1.82) is 0 Å². The van der Waals surface area contributed by atoms with Crippen molar-refractivity contribution in [2.24, 2.45) is 0 Å². The molecule has 1 aromatic carbocycles. The summed E-state index contributed by atoms with van der Waals surface area (Å²) in [6, 6.07) is 7.90. The number of piperazine rings is 1. The number of nitrogens with one attached hydrogen (secondary N) is 1. The SMILES string of the molecule is CC[C@H](C)N1CC(=O)N2Cc3[nH]c4ccccc4c3C[C@H]2C1=O. The minimum absolute atomic E-state index is 0.0548. The normalized spacial score (nSPS) is 22.3. The van der Waals surface area contributed by atoms with Crippen LogP contribution >= 0.6 is 0 Å². The lowest BCUT2D eigenvalue weighted by atomic mass is 9.93. The van der Waals surface area contributed by atoms with Crippen molar-refractivity contribution in [3.8, 4) is 0 Å². The van der Waals surface area contributed by atoms with E-state index in [0.717, 1.165) is 17.6 Å². The number of carbonyl (C=O) groups excluding carboxylic acids is 2. The first-order valence-corrected chi connectivity index (χ1v) is 8.28. The number of nitrogens with zero attached hydrogens (tertiary/aromatic N) is 2. The van der Waals surface area contributed by atoms with Gasteiger partial charge in [0.15, 0.2) is 0 Å². The van der Waals surface area contributed by atoms with Crippen LogP contribution in [0.5, 0.6) is 0 Å². The average molecular weight is 311 g/mol. The van der Waals surface area contributed by atoms with Crippen LogP contribution in [0.25, 0.3) is 10.9 Å². The van der Waals surface area contributed by atoms with Crippen LogP contribution in [-0.4, -0.2) is 45.2 Å². The van der Waals surface area contributed by atoms with Crippen molar-refractivity contribution >= 4 is 22.7 Å². The lowest BCUT2D eigenvalue weighted by Gasteiger charge is -2.44. The summed E-state index contributed by atoms with van der Waals surface area (Å²) in [5.74, 6) is 0.147. The van der Waals surface area contributed by atoms with Crippen molar-refractivity contribution in [2.45, 2.75) is 45.3 Å². The highest BCUT2D eigenvalue weighted by atomic mass is 16.2. The first-order chi connectivity index (χ1) is 11.1. The molecule has 0 radical (unpaired) electrons. The summed E-state index contributed by atoms with van der Waals surface area (Å²) in [6.07, 6.45) is 1.47. The molecule has 4 rings (SSSR count). The Kier molecular flexibility index (Phi) is 3.18. The van der Waals surface area contributed by atoms with Gasteiger partial charge in [0, 0.05) is 29.1 Å². The third-order valence-corrected chi connectivity index (χ3v) is 5.32. The van der Waals surface area contributed by atoms with Crippen molar-refractivity contribution < 1.29 is 9.59 Å². The lowest BCUT2D eigenvalue weighted by Crippen LogP contribution is -2.63. The van der Waals surface area contributed by atoms with Gasteiger partial charge in [-0.15, -0.1) is 0 Å². The average Bonchev–Trinajstić information content (AvgIpc) is 2.93. The Labute approximate surface area is 135 Å². The van der Waals surface area contributed by atoms with Crippen LogP contribution in [0.2, 0.25) is 0 Å². The maximum atomic E-state index is 12.9. The maximum Gasteiger partial charge on any atom is 0.246 e. The van der Waals surface area contributed by atoms with Gasteiger partial charge in [0.2, 0.25) is 11.8 Å². The predicted molar refractivity (Wildman–Crippen MR) is 87.8 cm³/mol. The summed E-state index contributed by atoms with van der Waals surface area (Å²) in [6.45, 7) is 4.78. The number of fused-ring (bicyclic) bond motifs is 4. The first-order valence-electron chi connectivity index (χ1n) is 8.28. The second-order valence-electron chi connectivity index (χ2n) is 6.59. The molecule has 0 unspecified atom stereocenters. The van der Waals surface area contributed by atoms with Gasteiger partial charge in [-0.2, -0.15) is 0 Å². The van der Waals surface area contributed by atoms with Crippen LogP contribution in [0.4, 0.5) is 0 Å². The highest BCUT2D eigenvalue weighted by Gasteiger charge is 2.43. The van der Waals surface area contributed by atoms with E-state index in [9.17, 15) is 9.59 Å². The van der Waals surface area contributed by atoms with E-state index in [2.05, 4.69) is 11.1 Å². The molecule has 23 heavy (non-hydrogen) atoms. The number of hydrogen-bond donors (Lipinski definition) is 1.